The van der Waals surface area contributed by atoms with E-state index in [-0.39, 0.29) is 0 Å². The molecule has 0 atom stereocenters. The molecule has 0 bridgehead atoms. The van der Waals surface area contributed by atoms with Gasteiger partial charge in [-0.15, -0.1) is 11.6 Å². The van der Waals surface area contributed by atoms with Crippen molar-refractivity contribution in [3.8, 4) is 5.75 Å². The first kappa shape index (κ1) is 12.4. The largest absolute Gasteiger partial charge is 0.487 e. The van der Waals surface area contributed by atoms with Crippen LogP contribution in [0.15, 0.2) is 47.1 Å². The van der Waals surface area contributed by atoms with Crippen molar-refractivity contribution in [3.63, 3.8) is 0 Å². The van der Waals surface area contributed by atoms with E-state index in [1.54, 1.807) is 6.20 Å². The fraction of sp³-hybridized carbons (Fsp3) is 0.154. The van der Waals surface area contributed by atoms with Crippen molar-refractivity contribution < 1.29 is 4.74 Å². The molecule has 0 aliphatic rings. The molecule has 1 aromatic heterocycles. The number of hydrogen-bond acceptors (Lipinski definition) is 2. The monoisotopic (exact) mass is 311 g/mol. The predicted molar refractivity (Wildman–Crippen MR) is 72.3 cm³/mol. The Hall–Kier alpha value is -1.06. The van der Waals surface area contributed by atoms with Crippen LogP contribution >= 0.6 is 27.5 Å². The molecule has 4 heteroatoms. The van der Waals surface area contributed by atoms with Gasteiger partial charge in [0, 0.05) is 16.2 Å². The zero-order chi connectivity index (χ0) is 12.1. The average molecular weight is 313 g/mol. The van der Waals surface area contributed by atoms with Gasteiger partial charge in [-0.25, -0.2) is 0 Å². The minimum absolute atomic E-state index is 0.446. The van der Waals surface area contributed by atoms with E-state index in [1.165, 1.54) is 0 Å². The summed E-state index contributed by atoms with van der Waals surface area (Å²) in [7, 11) is 0. The van der Waals surface area contributed by atoms with Gasteiger partial charge >= 0.3 is 0 Å². The van der Waals surface area contributed by atoms with Gasteiger partial charge in [0.2, 0.25) is 0 Å². The zero-order valence-electron chi connectivity index (χ0n) is 9.07. The van der Waals surface area contributed by atoms with E-state index in [1.807, 2.05) is 36.4 Å². The first-order valence-electron chi connectivity index (χ1n) is 5.16. The van der Waals surface area contributed by atoms with Gasteiger partial charge in [0.05, 0.1) is 11.6 Å². The minimum atomic E-state index is 0.446. The van der Waals surface area contributed by atoms with E-state index < -0.39 is 0 Å². The molecule has 0 fully saturated rings. The van der Waals surface area contributed by atoms with Crippen LogP contribution in [0.2, 0.25) is 0 Å². The number of alkyl halides is 1. The van der Waals surface area contributed by atoms with Crippen LogP contribution in [-0.2, 0) is 12.5 Å². The number of benzene rings is 1. The number of pyridine rings is 1. The van der Waals surface area contributed by atoms with E-state index >= 15 is 0 Å². The predicted octanol–water partition coefficient (Wildman–Crippen LogP) is 4.16. The van der Waals surface area contributed by atoms with Gasteiger partial charge < -0.3 is 4.74 Å². The van der Waals surface area contributed by atoms with E-state index in [2.05, 4.69) is 20.9 Å². The van der Waals surface area contributed by atoms with Crippen molar-refractivity contribution in [2.24, 2.45) is 0 Å². The van der Waals surface area contributed by atoms with Gasteiger partial charge in [0.15, 0.2) is 0 Å². The van der Waals surface area contributed by atoms with Gasteiger partial charge in [0.25, 0.3) is 0 Å². The highest BCUT2D eigenvalue weighted by molar-refractivity contribution is 9.10. The third-order valence-electron chi connectivity index (χ3n) is 2.28. The molecule has 2 aromatic rings. The summed E-state index contributed by atoms with van der Waals surface area (Å²) in [6, 6.07) is 11.6. The second-order valence-electron chi connectivity index (χ2n) is 3.50. The Kier molecular flexibility index (Phi) is 4.40. The first-order chi connectivity index (χ1) is 8.29. The number of hydrogen-bond donors (Lipinski definition) is 0. The van der Waals surface area contributed by atoms with E-state index in [0.29, 0.717) is 12.5 Å². The molecular formula is C13H11BrClNO. The van der Waals surface area contributed by atoms with Gasteiger partial charge in [-0.05, 0) is 34.1 Å². The molecule has 0 N–H and O–H groups in total. The Morgan fingerprint density at radius 1 is 1.18 bits per heavy atom. The van der Waals surface area contributed by atoms with Crippen LogP contribution in [0.4, 0.5) is 0 Å². The summed E-state index contributed by atoms with van der Waals surface area (Å²) < 4.78 is 6.65. The Morgan fingerprint density at radius 3 is 2.71 bits per heavy atom. The molecule has 0 saturated carbocycles. The number of nitrogens with zero attached hydrogens (tertiary/aromatic N) is 1. The number of para-hydroxylation sites is 1. The highest BCUT2D eigenvalue weighted by Gasteiger charge is 2.02. The van der Waals surface area contributed by atoms with E-state index in [9.17, 15) is 0 Å². The molecule has 17 heavy (non-hydrogen) atoms. The highest BCUT2D eigenvalue weighted by atomic mass is 79.9. The molecule has 0 amide bonds. The molecule has 0 unspecified atom stereocenters. The summed E-state index contributed by atoms with van der Waals surface area (Å²) in [5.74, 6) is 1.26. The lowest BCUT2D eigenvalue weighted by Gasteiger charge is -2.09. The van der Waals surface area contributed by atoms with Crippen molar-refractivity contribution >= 4 is 27.5 Å². The van der Waals surface area contributed by atoms with Gasteiger partial charge in [-0.2, -0.15) is 0 Å². The van der Waals surface area contributed by atoms with Crippen LogP contribution in [0.25, 0.3) is 0 Å². The maximum absolute atomic E-state index is 5.83. The topological polar surface area (TPSA) is 22.1 Å². The van der Waals surface area contributed by atoms with Crippen LogP contribution in [0.1, 0.15) is 11.3 Å². The lowest BCUT2D eigenvalue weighted by Crippen LogP contribution is -1.99. The zero-order valence-corrected chi connectivity index (χ0v) is 11.4. The summed E-state index contributed by atoms with van der Waals surface area (Å²) in [6.45, 7) is 0.446. The van der Waals surface area contributed by atoms with E-state index in [4.69, 9.17) is 16.3 Å². The fourth-order valence-electron chi connectivity index (χ4n) is 1.40. The second kappa shape index (κ2) is 6.03. The molecular weight excluding hydrogens is 302 g/mol. The van der Waals surface area contributed by atoms with Gasteiger partial charge in [-0.3, -0.25) is 4.98 Å². The van der Waals surface area contributed by atoms with E-state index in [0.717, 1.165) is 21.5 Å². The normalized spacial score (nSPS) is 10.2. The first-order valence-corrected chi connectivity index (χ1v) is 6.49. The quantitative estimate of drug-likeness (QED) is 0.791. The summed E-state index contributed by atoms with van der Waals surface area (Å²) in [4.78, 5) is 4.24. The average Bonchev–Trinajstić information content (AvgIpc) is 2.38. The summed E-state index contributed by atoms with van der Waals surface area (Å²) >= 11 is 9.18. The number of ether oxygens (including phenoxy) is 1. The third kappa shape index (κ3) is 3.45. The van der Waals surface area contributed by atoms with Gasteiger partial charge in [-0.1, -0.05) is 18.2 Å². The smallest absolute Gasteiger partial charge is 0.130 e. The highest BCUT2D eigenvalue weighted by Crippen LogP contribution is 2.20. The Morgan fingerprint density at radius 2 is 2.00 bits per heavy atom. The van der Waals surface area contributed by atoms with Crippen LogP contribution in [0.3, 0.4) is 0 Å². The molecule has 0 aliphatic carbocycles. The minimum Gasteiger partial charge on any atom is -0.487 e. The van der Waals surface area contributed by atoms with Crippen LogP contribution in [-0.4, -0.2) is 4.98 Å². The summed E-state index contributed by atoms with van der Waals surface area (Å²) in [5.41, 5.74) is 1.88. The fourth-order valence-corrected chi connectivity index (χ4v) is 1.85. The molecule has 0 aliphatic heterocycles. The van der Waals surface area contributed by atoms with Crippen molar-refractivity contribution in [2.75, 3.05) is 0 Å². The number of rotatable bonds is 4. The Bertz CT molecular complexity index is 487. The molecule has 1 aromatic carbocycles. The molecule has 2 nitrogen and oxygen atoms in total. The molecule has 88 valence electrons. The number of halogens is 2. The maximum atomic E-state index is 5.83. The van der Waals surface area contributed by atoms with Crippen molar-refractivity contribution in [1.29, 1.82) is 0 Å². The standard InChI is InChI=1S/C13H11BrClNO/c14-11-5-6-12(16-8-11)9-17-13-4-2-1-3-10(13)7-15/h1-6,8H,7,9H2. The lowest BCUT2D eigenvalue weighted by atomic mass is 10.2. The molecule has 2 rings (SSSR count). The molecule has 0 radical (unpaired) electrons. The SMILES string of the molecule is ClCc1ccccc1OCc1ccc(Br)cn1. The van der Waals surface area contributed by atoms with Crippen molar-refractivity contribution in [2.45, 2.75) is 12.5 Å². The summed E-state index contributed by atoms with van der Waals surface area (Å²) in [5, 5.41) is 0. The molecule has 0 spiro atoms. The maximum Gasteiger partial charge on any atom is 0.130 e. The Balaban J connectivity index is 2.04. The van der Waals surface area contributed by atoms with Crippen molar-refractivity contribution in [1.82, 2.24) is 4.98 Å². The summed E-state index contributed by atoms with van der Waals surface area (Å²) in [6.07, 6.45) is 1.76. The third-order valence-corrected chi connectivity index (χ3v) is 3.04. The second-order valence-corrected chi connectivity index (χ2v) is 4.68. The molecule has 0 saturated heterocycles. The van der Waals surface area contributed by atoms with Crippen LogP contribution in [0.5, 0.6) is 5.75 Å². The number of aromatic nitrogens is 1. The lowest BCUT2D eigenvalue weighted by molar-refractivity contribution is 0.299. The molecule has 1 heterocycles. The van der Waals surface area contributed by atoms with Crippen LogP contribution in [0, 0.1) is 0 Å². The van der Waals surface area contributed by atoms with Gasteiger partial charge in [0.1, 0.15) is 12.4 Å². The van der Waals surface area contributed by atoms with Crippen LogP contribution < -0.4 is 4.74 Å². The Labute approximate surface area is 114 Å². The van der Waals surface area contributed by atoms with Crippen molar-refractivity contribution in [3.05, 3.63) is 58.3 Å².